The fourth-order valence-corrected chi connectivity index (χ4v) is 4.82. The molecular weight excluding hydrogens is 443 g/mol. The van der Waals surface area contributed by atoms with Crippen LogP contribution >= 0.6 is 0 Å². The molecule has 1 heterocycles. The van der Waals surface area contributed by atoms with E-state index in [1.54, 1.807) is 53.4 Å². The quantitative estimate of drug-likeness (QED) is 0.559. The molecule has 1 unspecified atom stereocenters. The summed E-state index contributed by atoms with van der Waals surface area (Å²) < 4.78 is 47.2. The van der Waals surface area contributed by atoms with Crippen molar-refractivity contribution in [3.63, 3.8) is 0 Å². The number of ether oxygens (including phenoxy) is 1. The van der Waals surface area contributed by atoms with Gasteiger partial charge in [0.05, 0.1) is 4.90 Å². The van der Waals surface area contributed by atoms with E-state index in [4.69, 9.17) is 4.74 Å². The zero-order valence-corrected chi connectivity index (χ0v) is 19.0. The largest absolute Gasteiger partial charge is 0.480 e. The zero-order valence-electron chi connectivity index (χ0n) is 18.2. The summed E-state index contributed by atoms with van der Waals surface area (Å²) in [5.41, 5.74) is 2.03. The fourth-order valence-electron chi connectivity index (χ4n) is 3.75. The van der Waals surface area contributed by atoms with E-state index in [9.17, 15) is 17.6 Å². The first-order chi connectivity index (χ1) is 15.9. The molecule has 1 atom stereocenters. The molecule has 6 nitrogen and oxygen atoms in total. The highest BCUT2D eigenvalue weighted by Crippen LogP contribution is 2.30. The first kappa shape index (κ1) is 22.8. The maximum absolute atomic E-state index is 13.2. The molecular formula is C25H25FN2O4S. The molecule has 1 N–H and O–H groups in total. The van der Waals surface area contributed by atoms with Gasteiger partial charge in [0.1, 0.15) is 11.6 Å². The summed E-state index contributed by atoms with van der Waals surface area (Å²) >= 11 is 0. The van der Waals surface area contributed by atoms with Gasteiger partial charge in [0.15, 0.2) is 6.10 Å². The molecule has 0 saturated carbocycles. The molecule has 0 aliphatic carbocycles. The molecule has 0 bridgehead atoms. The molecule has 8 heteroatoms. The number of rotatable bonds is 7. The lowest BCUT2D eigenvalue weighted by Gasteiger charge is -2.23. The van der Waals surface area contributed by atoms with Crippen molar-refractivity contribution in [1.29, 1.82) is 0 Å². The second-order valence-corrected chi connectivity index (χ2v) is 9.57. The van der Waals surface area contributed by atoms with Crippen LogP contribution < -0.4 is 9.46 Å². The average molecular weight is 469 g/mol. The van der Waals surface area contributed by atoms with Crippen LogP contribution in [0.1, 0.15) is 24.5 Å². The van der Waals surface area contributed by atoms with Gasteiger partial charge in [-0.25, -0.2) is 12.8 Å². The third-order valence-electron chi connectivity index (χ3n) is 5.54. The highest BCUT2D eigenvalue weighted by Gasteiger charge is 2.30. The second-order valence-electron chi connectivity index (χ2n) is 7.89. The maximum Gasteiger partial charge on any atom is 0.263 e. The Morgan fingerprint density at radius 3 is 2.48 bits per heavy atom. The van der Waals surface area contributed by atoms with Crippen LogP contribution in [0.3, 0.4) is 0 Å². The van der Waals surface area contributed by atoms with E-state index >= 15 is 0 Å². The predicted molar refractivity (Wildman–Crippen MR) is 124 cm³/mol. The van der Waals surface area contributed by atoms with E-state index in [0.29, 0.717) is 36.4 Å². The van der Waals surface area contributed by atoms with Crippen LogP contribution in [0.15, 0.2) is 77.7 Å². The SMILES string of the molecule is CCC1Oc2ccc(NS(=O)(=O)c3ccccc3)cc2CN(CCc2ccc(F)cc2)C1=O. The summed E-state index contributed by atoms with van der Waals surface area (Å²) in [6.07, 6.45) is 0.456. The van der Waals surface area contributed by atoms with Crippen molar-refractivity contribution < 1.29 is 22.3 Å². The smallest absolute Gasteiger partial charge is 0.263 e. The first-order valence-corrected chi connectivity index (χ1v) is 12.2. The topological polar surface area (TPSA) is 75.7 Å². The van der Waals surface area contributed by atoms with Crippen molar-refractivity contribution >= 4 is 21.6 Å². The van der Waals surface area contributed by atoms with Crippen LogP contribution in [-0.2, 0) is 27.8 Å². The molecule has 0 spiro atoms. The van der Waals surface area contributed by atoms with Crippen molar-refractivity contribution in [2.24, 2.45) is 0 Å². The van der Waals surface area contributed by atoms with Gasteiger partial charge in [-0.05, 0) is 60.9 Å². The van der Waals surface area contributed by atoms with E-state index in [1.165, 1.54) is 24.3 Å². The number of carbonyl (C=O) groups excluding carboxylic acids is 1. The number of nitrogens with one attached hydrogen (secondary N) is 1. The number of nitrogens with zero attached hydrogens (tertiary/aromatic N) is 1. The van der Waals surface area contributed by atoms with Gasteiger partial charge in [0.25, 0.3) is 15.9 Å². The number of halogens is 1. The summed E-state index contributed by atoms with van der Waals surface area (Å²) in [5.74, 6) is 0.132. The maximum atomic E-state index is 13.2. The summed E-state index contributed by atoms with van der Waals surface area (Å²) in [5, 5.41) is 0. The molecule has 1 amide bonds. The molecule has 3 aromatic rings. The van der Waals surface area contributed by atoms with Gasteiger partial charge in [-0.2, -0.15) is 0 Å². The summed E-state index contributed by atoms with van der Waals surface area (Å²) in [6.45, 7) is 2.60. The first-order valence-electron chi connectivity index (χ1n) is 10.8. The van der Waals surface area contributed by atoms with Gasteiger partial charge < -0.3 is 9.64 Å². The summed E-state index contributed by atoms with van der Waals surface area (Å²) in [6, 6.07) is 19.4. The van der Waals surface area contributed by atoms with E-state index < -0.39 is 16.1 Å². The molecule has 33 heavy (non-hydrogen) atoms. The minimum Gasteiger partial charge on any atom is -0.480 e. The Balaban J connectivity index is 1.56. The lowest BCUT2D eigenvalue weighted by molar-refractivity contribution is -0.138. The number of anilines is 1. The van der Waals surface area contributed by atoms with E-state index in [2.05, 4.69) is 4.72 Å². The molecule has 3 aromatic carbocycles. The average Bonchev–Trinajstić information content (AvgIpc) is 2.95. The standard InChI is InChI=1S/C25H25FN2O4S/c1-2-23-25(29)28(15-14-18-8-10-20(26)11-9-18)17-19-16-21(12-13-24(19)32-23)27-33(30,31)22-6-4-3-5-7-22/h3-13,16,23,27H,2,14-15,17H2,1H3. The molecule has 1 aliphatic heterocycles. The highest BCUT2D eigenvalue weighted by atomic mass is 32.2. The van der Waals surface area contributed by atoms with Gasteiger partial charge in [-0.15, -0.1) is 0 Å². The molecule has 0 radical (unpaired) electrons. The Labute approximate surface area is 193 Å². The predicted octanol–water partition coefficient (Wildman–Crippen LogP) is 4.37. The minimum atomic E-state index is -3.74. The van der Waals surface area contributed by atoms with Crippen LogP contribution in [0.2, 0.25) is 0 Å². The third kappa shape index (κ3) is 5.34. The van der Waals surface area contributed by atoms with Crippen molar-refractivity contribution in [1.82, 2.24) is 4.90 Å². The van der Waals surface area contributed by atoms with E-state index in [1.807, 2.05) is 6.92 Å². The number of fused-ring (bicyclic) bond motifs is 1. The summed E-state index contributed by atoms with van der Waals surface area (Å²) in [7, 11) is -3.74. The normalized spacial score (nSPS) is 16.0. The van der Waals surface area contributed by atoms with Crippen molar-refractivity contribution in [2.75, 3.05) is 11.3 Å². The van der Waals surface area contributed by atoms with Gasteiger partial charge in [-0.1, -0.05) is 37.3 Å². The van der Waals surface area contributed by atoms with E-state index in [0.717, 1.165) is 5.56 Å². The van der Waals surface area contributed by atoms with Gasteiger partial charge in [-0.3, -0.25) is 9.52 Å². The molecule has 172 valence electrons. The Hall–Kier alpha value is -3.39. The number of benzene rings is 3. The molecule has 0 saturated heterocycles. The van der Waals surface area contributed by atoms with Crippen LogP contribution in [0.25, 0.3) is 0 Å². The van der Waals surface area contributed by atoms with Crippen LogP contribution in [0.5, 0.6) is 5.75 Å². The summed E-state index contributed by atoms with van der Waals surface area (Å²) in [4.78, 5) is 14.9. The fraction of sp³-hybridized carbons (Fsp3) is 0.240. The molecule has 4 rings (SSSR count). The Kier molecular flexibility index (Phi) is 6.65. The Bertz CT molecular complexity index is 1230. The molecule has 0 aromatic heterocycles. The van der Waals surface area contributed by atoms with E-state index in [-0.39, 0.29) is 23.2 Å². The molecule has 1 aliphatic rings. The zero-order chi connectivity index (χ0) is 23.4. The van der Waals surface area contributed by atoms with Crippen molar-refractivity contribution in [3.05, 3.63) is 89.7 Å². The lowest BCUT2D eigenvalue weighted by atomic mass is 10.1. The van der Waals surface area contributed by atoms with Gasteiger partial charge in [0.2, 0.25) is 0 Å². The minimum absolute atomic E-state index is 0.123. The van der Waals surface area contributed by atoms with Gasteiger partial charge >= 0.3 is 0 Å². The number of hydrogen-bond acceptors (Lipinski definition) is 4. The Morgan fingerprint density at radius 2 is 1.79 bits per heavy atom. The van der Waals surface area contributed by atoms with Crippen LogP contribution in [-0.4, -0.2) is 31.9 Å². The monoisotopic (exact) mass is 468 g/mol. The number of carbonyl (C=O) groups is 1. The van der Waals surface area contributed by atoms with Gasteiger partial charge in [0, 0.05) is 24.3 Å². The Morgan fingerprint density at radius 1 is 1.06 bits per heavy atom. The number of sulfonamides is 1. The molecule has 0 fully saturated rings. The third-order valence-corrected chi connectivity index (χ3v) is 6.94. The van der Waals surface area contributed by atoms with Crippen LogP contribution in [0, 0.1) is 5.82 Å². The second kappa shape index (κ2) is 9.62. The number of amides is 1. The lowest BCUT2D eigenvalue weighted by Crippen LogP contribution is -2.40. The van der Waals surface area contributed by atoms with Crippen molar-refractivity contribution in [3.8, 4) is 5.75 Å². The van der Waals surface area contributed by atoms with Crippen LogP contribution in [0.4, 0.5) is 10.1 Å². The number of hydrogen-bond donors (Lipinski definition) is 1. The van der Waals surface area contributed by atoms with Crippen molar-refractivity contribution in [2.45, 2.75) is 37.3 Å². The highest BCUT2D eigenvalue weighted by molar-refractivity contribution is 7.92.